The van der Waals surface area contributed by atoms with Crippen molar-refractivity contribution in [2.75, 3.05) is 0 Å². The molecule has 0 saturated heterocycles. The van der Waals surface area contributed by atoms with Crippen molar-refractivity contribution in [2.45, 2.75) is 39.2 Å². The fraction of sp³-hybridized carbons (Fsp3) is 0.400. The van der Waals surface area contributed by atoms with Gasteiger partial charge in [0.2, 0.25) is 0 Å². The molecule has 1 aromatic heterocycles. The van der Waals surface area contributed by atoms with Gasteiger partial charge in [0, 0.05) is 34.0 Å². The topological polar surface area (TPSA) is 42.2 Å². The number of para-hydroxylation sites is 1. The van der Waals surface area contributed by atoms with Crippen LogP contribution in [-0.2, 0) is 11.3 Å². The predicted molar refractivity (Wildman–Crippen MR) is 80.5 cm³/mol. The zero-order valence-corrected chi connectivity index (χ0v) is 12.6. The van der Waals surface area contributed by atoms with Crippen LogP contribution in [0, 0.1) is 6.92 Å². The highest BCUT2D eigenvalue weighted by atomic mass is 79.9. The molecule has 1 heterocycles. The Morgan fingerprint density at radius 3 is 2.74 bits per heavy atom. The average molecular weight is 324 g/mol. The second-order valence-electron chi connectivity index (χ2n) is 4.77. The van der Waals surface area contributed by atoms with E-state index in [2.05, 4.69) is 45.6 Å². The third-order valence-corrected chi connectivity index (χ3v) is 4.43. The number of carbonyl (C=O) groups is 1. The molecule has 4 heteroatoms. The Morgan fingerprint density at radius 2 is 2.00 bits per heavy atom. The highest BCUT2D eigenvalue weighted by Crippen LogP contribution is 2.30. The number of halogens is 1. The maximum Gasteiger partial charge on any atom is 0.303 e. The van der Waals surface area contributed by atoms with E-state index in [9.17, 15) is 4.79 Å². The van der Waals surface area contributed by atoms with E-state index >= 15 is 0 Å². The van der Waals surface area contributed by atoms with Gasteiger partial charge in [0.1, 0.15) is 0 Å². The van der Waals surface area contributed by atoms with Gasteiger partial charge in [-0.1, -0.05) is 24.6 Å². The van der Waals surface area contributed by atoms with Crippen molar-refractivity contribution >= 4 is 32.8 Å². The van der Waals surface area contributed by atoms with Gasteiger partial charge >= 0.3 is 5.97 Å². The number of nitrogens with zero attached hydrogens (tertiary/aromatic N) is 1. The predicted octanol–water partition coefficient (Wildman–Crippen LogP) is 4.36. The summed E-state index contributed by atoms with van der Waals surface area (Å²) >= 11 is 3.64. The molecule has 3 nitrogen and oxygen atoms in total. The Kier molecular flexibility index (Phi) is 4.64. The number of carboxylic acid groups (broad SMARTS) is 1. The molecule has 1 aromatic carbocycles. The lowest BCUT2D eigenvalue weighted by molar-refractivity contribution is -0.137. The van der Waals surface area contributed by atoms with Crippen LogP contribution >= 0.6 is 15.9 Å². The van der Waals surface area contributed by atoms with Crippen molar-refractivity contribution in [3.8, 4) is 0 Å². The molecule has 0 amide bonds. The molecule has 0 unspecified atom stereocenters. The Hall–Kier alpha value is -1.29. The number of unbranched alkanes of at least 4 members (excludes halogenated alkanes) is 2. The number of aryl methyl sites for hydroxylation is 1. The first-order valence-electron chi connectivity index (χ1n) is 6.56. The molecule has 0 aliphatic rings. The third-order valence-electron chi connectivity index (χ3n) is 3.43. The van der Waals surface area contributed by atoms with Gasteiger partial charge in [-0.05, 0) is 41.8 Å². The van der Waals surface area contributed by atoms with Crippen LogP contribution in [0.5, 0.6) is 0 Å². The first-order valence-corrected chi connectivity index (χ1v) is 7.35. The van der Waals surface area contributed by atoms with E-state index < -0.39 is 5.97 Å². The zero-order chi connectivity index (χ0) is 13.8. The molecule has 0 spiro atoms. The van der Waals surface area contributed by atoms with Gasteiger partial charge in [-0.2, -0.15) is 0 Å². The van der Waals surface area contributed by atoms with E-state index in [0.29, 0.717) is 0 Å². The van der Waals surface area contributed by atoms with E-state index in [1.54, 1.807) is 0 Å². The van der Waals surface area contributed by atoms with Gasteiger partial charge in [-0.3, -0.25) is 4.79 Å². The summed E-state index contributed by atoms with van der Waals surface area (Å²) in [6.45, 7) is 3.05. The summed E-state index contributed by atoms with van der Waals surface area (Å²) in [5, 5.41) is 9.85. The quantitative estimate of drug-likeness (QED) is 0.802. The molecule has 0 radical (unpaired) electrons. The van der Waals surface area contributed by atoms with Crippen molar-refractivity contribution in [1.29, 1.82) is 0 Å². The highest BCUT2D eigenvalue weighted by molar-refractivity contribution is 9.10. The molecule has 0 atom stereocenters. The molecular formula is C15H18BrNO2. The Balaban J connectivity index is 2.04. The molecule has 2 aromatic rings. The molecule has 0 aliphatic carbocycles. The number of carboxylic acids is 1. The molecule has 102 valence electrons. The molecule has 19 heavy (non-hydrogen) atoms. The summed E-state index contributed by atoms with van der Waals surface area (Å²) in [7, 11) is 0. The van der Waals surface area contributed by atoms with Crippen LogP contribution in [0.2, 0.25) is 0 Å². The van der Waals surface area contributed by atoms with E-state index in [0.717, 1.165) is 30.3 Å². The number of hydrogen-bond acceptors (Lipinski definition) is 1. The fourth-order valence-electron chi connectivity index (χ4n) is 2.40. The maximum absolute atomic E-state index is 10.5. The van der Waals surface area contributed by atoms with Crippen LogP contribution in [-0.4, -0.2) is 15.6 Å². The molecule has 0 aliphatic heterocycles. The second kappa shape index (κ2) is 6.24. The molecule has 2 rings (SSSR count). The molecule has 0 fully saturated rings. The number of fused-ring (bicyclic) bond motifs is 1. The molecular weight excluding hydrogens is 306 g/mol. The van der Waals surface area contributed by atoms with Gasteiger partial charge in [-0.15, -0.1) is 0 Å². The number of hydrogen-bond donors (Lipinski definition) is 1. The minimum atomic E-state index is -0.703. The summed E-state index contributed by atoms with van der Waals surface area (Å²) in [4.78, 5) is 10.5. The summed E-state index contributed by atoms with van der Waals surface area (Å²) in [5.41, 5.74) is 2.48. The lowest BCUT2D eigenvalue weighted by Gasteiger charge is -2.07. The van der Waals surface area contributed by atoms with Crippen LogP contribution < -0.4 is 0 Å². The van der Waals surface area contributed by atoms with E-state index in [-0.39, 0.29) is 6.42 Å². The maximum atomic E-state index is 10.5. The first-order chi connectivity index (χ1) is 9.11. The van der Waals surface area contributed by atoms with Gasteiger partial charge in [0.15, 0.2) is 0 Å². The van der Waals surface area contributed by atoms with E-state index in [1.165, 1.54) is 16.6 Å². The minimum absolute atomic E-state index is 0.273. The van der Waals surface area contributed by atoms with Gasteiger partial charge in [0.25, 0.3) is 0 Å². The monoisotopic (exact) mass is 323 g/mol. The number of benzene rings is 1. The summed E-state index contributed by atoms with van der Waals surface area (Å²) in [6, 6.07) is 8.34. The first kappa shape index (κ1) is 14.1. The summed E-state index contributed by atoms with van der Waals surface area (Å²) in [5.74, 6) is -0.703. The van der Waals surface area contributed by atoms with Crippen LogP contribution in [0.25, 0.3) is 10.9 Å². The zero-order valence-electron chi connectivity index (χ0n) is 11.0. The Morgan fingerprint density at radius 1 is 1.26 bits per heavy atom. The van der Waals surface area contributed by atoms with Crippen LogP contribution in [0.15, 0.2) is 28.7 Å². The largest absolute Gasteiger partial charge is 0.481 e. The number of aromatic nitrogens is 1. The van der Waals surface area contributed by atoms with E-state index in [1.807, 2.05) is 6.07 Å². The molecule has 0 saturated carbocycles. The smallest absolute Gasteiger partial charge is 0.303 e. The SMILES string of the molecule is Cc1c(Br)c2ccccc2n1CCCCCC(=O)O. The summed E-state index contributed by atoms with van der Waals surface area (Å²) < 4.78 is 3.47. The number of rotatable bonds is 6. The summed E-state index contributed by atoms with van der Waals surface area (Å²) in [6.07, 6.45) is 3.00. The van der Waals surface area contributed by atoms with Gasteiger partial charge in [-0.25, -0.2) is 0 Å². The van der Waals surface area contributed by atoms with Crippen molar-refractivity contribution in [3.63, 3.8) is 0 Å². The fourth-order valence-corrected chi connectivity index (χ4v) is 2.95. The van der Waals surface area contributed by atoms with Crippen molar-refractivity contribution in [1.82, 2.24) is 4.57 Å². The normalized spacial score (nSPS) is 11.1. The second-order valence-corrected chi connectivity index (χ2v) is 5.57. The third kappa shape index (κ3) is 3.18. The van der Waals surface area contributed by atoms with Crippen molar-refractivity contribution < 1.29 is 9.90 Å². The lowest BCUT2D eigenvalue weighted by atomic mass is 10.2. The van der Waals surface area contributed by atoms with E-state index in [4.69, 9.17) is 5.11 Å². The highest BCUT2D eigenvalue weighted by Gasteiger charge is 2.10. The van der Waals surface area contributed by atoms with Gasteiger partial charge in [0.05, 0.1) is 0 Å². The van der Waals surface area contributed by atoms with Crippen molar-refractivity contribution in [2.24, 2.45) is 0 Å². The van der Waals surface area contributed by atoms with Crippen LogP contribution in [0.1, 0.15) is 31.4 Å². The standard InChI is InChI=1S/C15H18BrNO2/c1-11-15(16)12-7-4-5-8-13(12)17(11)10-6-2-3-9-14(18)19/h4-5,7-8H,2-3,6,9-10H2,1H3,(H,18,19). The average Bonchev–Trinajstić information content (AvgIpc) is 2.63. The van der Waals surface area contributed by atoms with Crippen LogP contribution in [0.4, 0.5) is 0 Å². The Labute approximate surface area is 121 Å². The molecule has 0 bridgehead atoms. The Bertz CT molecular complexity index is 589. The van der Waals surface area contributed by atoms with Crippen LogP contribution in [0.3, 0.4) is 0 Å². The van der Waals surface area contributed by atoms with Gasteiger partial charge < -0.3 is 9.67 Å². The van der Waals surface area contributed by atoms with Crippen molar-refractivity contribution in [3.05, 3.63) is 34.4 Å². The lowest BCUT2D eigenvalue weighted by Crippen LogP contribution is -2.01. The molecule has 1 N–H and O–H groups in total. The minimum Gasteiger partial charge on any atom is -0.481 e. The number of aliphatic carboxylic acids is 1.